The number of phosphoric acid groups is 2. The summed E-state index contributed by atoms with van der Waals surface area (Å²) in [5.74, 6) is -2.27. The molecule has 0 aromatic carbocycles. The minimum absolute atomic E-state index is 0.0706. The predicted octanol–water partition coefficient (Wildman–Crippen LogP) is 22.3. The molecule has 0 fully saturated rings. The fourth-order valence-electron chi connectivity index (χ4n) is 9.94. The molecule has 0 aliphatic heterocycles. The van der Waals surface area contributed by atoms with Crippen LogP contribution in [-0.4, -0.2) is 96.7 Å². The van der Waals surface area contributed by atoms with E-state index < -0.39 is 97.5 Å². The fourth-order valence-corrected chi connectivity index (χ4v) is 11.5. The third-order valence-corrected chi connectivity index (χ3v) is 17.8. The number of allylic oxidation sites excluding steroid dienone is 20. The molecule has 0 radical (unpaired) electrons. The molecule has 0 saturated heterocycles. The van der Waals surface area contributed by atoms with Crippen LogP contribution in [0.3, 0.4) is 0 Å². The maximum atomic E-state index is 13.1. The minimum Gasteiger partial charge on any atom is -0.462 e. The van der Waals surface area contributed by atoms with Gasteiger partial charge in [-0.3, -0.25) is 37.3 Å². The van der Waals surface area contributed by atoms with Crippen molar-refractivity contribution in [3.8, 4) is 0 Å². The first-order valence-electron chi connectivity index (χ1n) is 38.8. The predicted molar refractivity (Wildman–Crippen MR) is 408 cm³/mol. The highest BCUT2D eigenvalue weighted by Gasteiger charge is 2.30. The zero-order valence-electron chi connectivity index (χ0n) is 62.6. The van der Waals surface area contributed by atoms with Gasteiger partial charge in [-0.2, -0.15) is 0 Å². The first-order chi connectivity index (χ1) is 48.7. The maximum Gasteiger partial charge on any atom is 0.472 e. The van der Waals surface area contributed by atoms with Crippen molar-refractivity contribution in [2.24, 2.45) is 0 Å². The maximum absolute atomic E-state index is 13.1. The fraction of sp³-hybridized carbons (Fsp3) is 0.704. The number of phosphoric ester groups is 2. The molecular weight excluding hydrogens is 1310 g/mol. The Balaban J connectivity index is 5.36. The lowest BCUT2D eigenvalue weighted by molar-refractivity contribution is -0.161. The molecule has 0 saturated carbocycles. The lowest BCUT2D eigenvalue weighted by Gasteiger charge is -2.21. The van der Waals surface area contributed by atoms with Gasteiger partial charge >= 0.3 is 39.5 Å². The van der Waals surface area contributed by atoms with Gasteiger partial charge < -0.3 is 33.8 Å². The highest BCUT2D eigenvalue weighted by molar-refractivity contribution is 7.47. The van der Waals surface area contributed by atoms with E-state index in [9.17, 15) is 43.2 Å². The van der Waals surface area contributed by atoms with Crippen LogP contribution in [0.1, 0.15) is 310 Å². The Hall–Kier alpha value is -4.54. The zero-order valence-corrected chi connectivity index (χ0v) is 64.4. The van der Waals surface area contributed by atoms with E-state index >= 15 is 0 Å². The summed E-state index contributed by atoms with van der Waals surface area (Å²) in [5, 5.41) is 10.6. The number of unbranched alkanes of at least 4 members (excludes halogenated alkanes) is 26. The van der Waals surface area contributed by atoms with Gasteiger partial charge in [-0.05, 0) is 148 Å². The number of aliphatic hydroxyl groups excluding tert-OH is 1. The van der Waals surface area contributed by atoms with E-state index in [0.29, 0.717) is 32.1 Å². The van der Waals surface area contributed by atoms with Crippen molar-refractivity contribution in [3.63, 3.8) is 0 Å². The largest absolute Gasteiger partial charge is 0.472 e. The molecule has 0 aromatic rings. The topological polar surface area (TPSA) is 237 Å². The number of carbonyl (C=O) groups is 4. The van der Waals surface area contributed by atoms with E-state index in [4.69, 9.17) is 37.0 Å². The second-order valence-corrected chi connectivity index (χ2v) is 28.5. The molecule has 5 unspecified atom stereocenters. The van der Waals surface area contributed by atoms with Gasteiger partial charge in [0.05, 0.1) is 26.4 Å². The summed E-state index contributed by atoms with van der Waals surface area (Å²) in [5.41, 5.74) is 0. The number of hydrogen-bond donors (Lipinski definition) is 3. The van der Waals surface area contributed by atoms with Crippen LogP contribution in [0.2, 0.25) is 0 Å². The van der Waals surface area contributed by atoms with Gasteiger partial charge in [0.1, 0.15) is 19.3 Å². The molecular formula is C81H138O17P2. The smallest absolute Gasteiger partial charge is 0.462 e. The van der Waals surface area contributed by atoms with Crippen molar-refractivity contribution in [2.45, 2.75) is 329 Å². The first kappa shape index (κ1) is 95.5. The van der Waals surface area contributed by atoms with Gasteiger partial charge in [0.15, 0.2) is 12.2 Å². The second kappa shape index (κ2) is 72.8. The molecule has 0 spiro atoms. The average molecular weight is 1450 g/mol. The van der Waals surface area contributed by atoms with Gasteiger partial charge in [0.2, 0.25) is 0 Å². The lowest BCUT2D eigenvalue weighted by Crippen LogP contribution is -2.30. The Morgan fingerprint density at radius 1 is 0.290 bits per heavy atom. The van der Waals surface area contributed by atoms with Gasteiger partial charge in [-0.1, -0.05) is 258 Å². The van der Waals surface area contributed by atoms with Crippen LogP contribution >= 0.6 is 15.6 Å². The summed E-state index contributed by atoms with van der Waals surface area (Å²) in [6, 6.07) is 0. The number of carbonyl (C=O) groups excluding carboxylic acids is 4. The molecule has 0 bridgehead atoms. The van der Waals surface area contributed by atoms with Crippen LogP contribution in [0, 0.1) is 0 Å². The Kier molecular flexibility index (Phi) is 69.5. The van der Waals surface area contributed by atoms with Gasteiger partial charge in [0.25, 0.3) is 0 Å². The molecule has 0 aliphatic carbocycles. The molecule has 3 N–H and O–H groups in total. The molecule has 0 aromatic heterocycles. The van der Waals surface area contributed by atoms with E-state index in [2.05, 4.69) is 137 Å². The van der Waals surface area contributed by atoms with Gasteiger partial charge in [-0.25, -0.2) is 9.13 Å². The van der Waals surface area contributed by atoms with E-state index in [0.717, 1.165) is 167 Å². The van der Waals surface area contributed by atoms with Crippen LogP contribution in [0.5, 0.6) is 0 Å². The quantitative estimate of drug-likeness (QED) is 0.0169. The van der Waals surface area contributed by atoms with Crippen LogP contribution in [-0.2, 0) is 65.4 Å². The van der Waals surface area contributed by atoms with E-state index in [1.165, 1.54) is 57.8 Å². The Labute approximate surface area is 606 Å². The van der Waals surface area contributed by atoms with Crippen molar-refractivity contribution >= 4 is 39.5 Å². The summed E-state index contributed by atoms with van der Waals surface area (Å²) < 4.78 is 68.4. The molecule has 0 heterocycles. The number of ether oxygens (including phenoxy) is 4. The molecule has 574 valence electrons. The van der Waals surface area contributed by atoms with Crippen LogP contribution in [0.15, 0.2) is 122 Å². The van der Waals surface area contributed by atoms with Crippen molar-refractivity contribution in [2.75, 3.05) is 39.6 Å². The summed E-state index contributed by atoms with van der Waals surface area (Å²) in [4.78, 5) is 72.8. The van der Waals surface area contributed by atoms with Crippen LogP contribution in [0.25, 0.3) is 0 Å². The van der Waals surface area contributed by atoms with Crippen LogP contribution in [0.4, 0.5) is 0 Å². The average Bonchev–Trinajstić information content (AvgIpc) is 0.939. The van der Waals surface area contributed by atoms with Gasteiger partial charge in [0, 0.05) is 25.7 Å². The normalized spacial score (nSPS) is 14.6. The van der Waals surface area contributed by atoms with Crippen molar-refractivity contribution < 1.29 is 80.2 Å². The third kappa shape index (κ3) is 71.8. The van der Waals surface area contributed by atoms with Crippen molar-refractivity contribution in [3.05, 3.63) is 122 Å². The molecule has 0 amide bonds. The molecule has 0 rings (SSSR count). The summed E-state index contributed by atoms with van der Waals surface area (Å²) in [6.07, 6.45) is 79.1. The van der Waals surface area contributed by atoms with Crippen molar-refractivity contribution in [1.29, 1.82) is 0 Å². The van der Waals surface area contributed by atoms with E-state index in [1.54, 1.807) is 0 Å². The van der Waals surface area contributed by atoms with E-state index in [-0.39, 0.29) is 25.7 Å². The lowest BCUT2D eigenvalue weighted by atomic mass is 10.1. The highest BCUT2D eigenvalue weighted by atomic mass is 31.2. The van der Waals surface area contributed by atoms with Gasteiger partial charge in [-0.15, -0.1) is 0 Å². The minimum atomic E-state index is -4.99. The SMILES string of the molecule is CC/C=C\C/C=C\C/C=C\C/C=C\C/C=C\CCCC(=O)OCC(COP(=O)(O)OCC(O)COP(=O)(O)OCC(COC(=O)CCCCCCCC/C=C\C/C=C\C/C=C\CCCCC)OC(=O)CCCCCCC/C=C\CCCC)OC(=O)CCCCCCC/C=C\CCCCCC. The summed E-state index contributed by atoms with van der Waals surface area (Å²) in [6.45, 7) is 4.58. The number of aliphatic hydroxyl groups is 1. The number of rotatable bonds is 72. The molecule has 17 nitrogen and oxygen atoms in total. The van der Waals surface area contributed by atoms with Crippen molar-refractivity contribution in [1.82, 2.24) is 0 Å². The number of esters is 4. The Morgan fingerprint density at radius 2 is 0.540 bits per heavy atom. The summed E-state index contributed by atoms with van der Waals surface area (Å²) >= 11 is 0. The standard InChI is InChI=1S/C81H138O17P2/c1-5-9-13-17-21-25-29-32-34-36-37-39-41-44-47-50-54-58-62-66-78(83)91-71-76(97-80(85)67-63-59-55-51-45-28-24-20-16-12-8-4)73-95-99(87,88)93-69-75(82)70-94-100(89,90)96-74-77(98-81(86)68-64-60-56-52-48-42-31-27-23-19-15-11-7-3)72-92-79(84)65-61-57-53-49-46-43-40-38-35-33-30-26-22-18-14-10-6-2/h10,14,20-22,24-27,31-35,37,39-40,43,49,53,75-77,82H,5-9,11-13,15-19,23,28-30,36,38,41-42,44-48,50-52,54-74H2,1-4H3,(H,87,88)(H,89,90)/b14-10-,24-20-,25-21-,26-22-,31-27-,34-32-,35-33-,39-37-,43-40-,53-49-. The highest BCUT2D eigenvalue weighted by Crippen LogP contribution is 2.45. The molecule has 5 atom stereocenters. The van der Waals surface area contributed by atoms with Crippen LogP contribution < -0.4 is 0 Å². The zero-order chi connectivity index (χ0) is 73.2. The first-order valence-corrected chi connectivity index (χ1v) is 41.8. The third-order valence-electron chi connectivity index (χ3n) is 15.9. The molecule has 19 heteroatoms. The molecule has 100 heavy (non-hydrogen) atoms. The Bertz CT molecular complexity index is 2370. The number of hydrogen-bond acceptors (Lipinski definition) is 15. The molecule has 0 aliphatic rings. The monoisotopic (exact) mass is 1440 g/mol. The second-order valence-electron chi connectivity index (χ2n) is 25.6. The summed E-state index contributed by atoms with van der Waals surface area (Å²) in [7, 11) is -9.97. The Morgan fingerprint density at radius 3 is 0.900 bits per heavy atom. The van der Waals surface area contributed by atoms with E-state index in [1.807, 2.05) is 12.2 Å².